The largest absolute Gasteiger partial charge is 0.467 e. The summed E-state index contributed by atoms with van der Waals surface area (Å²) in [4.78, 5) is 14.1. The van der Waals surface area contributed by atoms with Crippen LogP contribution in [0.15, 0.2) is 27.2 Å². The third-order valence-corrected chi connectivity index (χ3v) is 5.30. The third-order valence-electron chi connectivity index (χ3n) is 3.31. The first kappa shape index (κ1) is 19.3. The molecule has 0 saturated carbocycles. The minimum atomic E-state index is -0.0488. The van der Waals surface area contributed by atoms with Gasteiger partial charge in [-0.3, -0.25) is 4.79 Å². The Kier molecular flexibility index (Phi) is 8.28. The number of nitriles is 1. The van der Waals surface area contributed by atoms with Crippen LogP contribution in [0.25, 0.3) is 0 Å². The van der Waals surface area contributed by atoms with Crippen molar-refractivity contribution >= 4 is 34.1 Å². The Morgan fingerprint density at radius 1 is 1.52 bits per heavy atom. The molecule has 0 aliphatic heterocycles. The molecule has 2 rings (SSSR count). The van der Waals surface area contributed by atoms with Gasteiger partial charge >= 0.3 is 0 Å². The van der Waals surface area contributed by atoms with Gasteiger partial charge in [-0.2, -0.15) is 5.26 Å². The van der Waals surface area contributed by atoms with Gasteiger partial charge in [-0.1, -0.05) is 36.4 Å². The molecule has 2 aromatic heterocycles. The summed E-state index contributed by atoms with van der Waals surface area (Å²) >= 11 is 2.81. The minimum Gasteiger partial charge on any atom is -0.467 e. The number of furan rings is 1. The Morgan fingerprint density at radius 3 is 3.12 bits per heavy atom. The molecular weight excluding hydrogens is 358 g/mol. The first-order valence-corrected chi connectivity index (χ1v) is 9.90. The molecule has 1 amide bonds. The van der Waals surface area contributed by atoms with Crippen molar-refractivity contribution in [2.24, 2.45) is 0 Å². The first-order chi connectivity index (χ1) is 12.2. The van der Waals surface area contributed by atoms with Crippen LogP contribution in [-0.2, 0) is 11.3 Å². The number of aromatic nitrogens is 2. The standard InChI is InChI=1S/C16H21N5O2S2/c1-2-3-8-18-15-19-20-16(25-15)24-12-14(22)21(9-5-7-17)11-13-6-4-10-23-13/h4,6,10H,2-3,5,8-9,11-12H2,1H3,(H,18,19). The van der Waals surface area contributed by atoms with Gasteiger partial charge in [0.2, 0.25) is 11.0 Å². The van der Waals surface area contributed by atoms with Crippen molar-refractivity contribution in [3.63, 3.8) is 0 Å². The summed E-state index contributed by atoms with van der Waals surface area (Å²) in [7, 11) is 0. The van der Waals surface area contributed by atoms with E-state index < -0.39 is 0 Å². The van der Waals surface area contributed by atoms with Crippen LogP contribution in [-0.4, -0.2) is 39.8 Å². The van der Waals surface area contributed by atoms with Crippen molar-refractivity contribution < 1.29 is 9.21 Å². The van der Waals surface area contributed by atoms with Gasteiger partial charge < -0.3 is 14.6 Å². The molecule has 9 heteroatoms. The van der Waals surface area contributed by atoms with Gasteiger partial charge in [-0.05, 0) is 18.6 Å². The molecule has 0 fully saturated rings. The van der Waals surface area contributed by atoms with Gasteiger partial charge in [0.25, 0.3) is 0 Å². The van der Waals surface area contributed by atoms with Crippen molar-refractivity contribution in [2.45, 2.75) is 37.1 Å². The van der Waals surface area contributed by atoms with E-state index in [0.717, 1.165) is 28.9 Å². The molecule has 0 aromatic carbocycles. The van der Waals surface area contributed by atoms with Gasteiger partial charge in [0.15, 0.2) is 4.34 Å². The van der Waals surface area contributed by atoms with Gasteiger partial charge in [0.05, 0.1) is 31.1 Å². The SMILES string of the molecule is CCCCNc1nnc(SCC(=O)N(CCC#N)Cc2ccco2)s1. The number of anilines is 1. The number of amides is 1. The van der Waals surface area contributed by atoms with Crippen LogP contribution in [0.2, 0.25) is 0 Å². The molecular formula is C16H21N5O2S2. The number of hydrogen-bond donors (Lipinski definition) is 1. The second kappa shape index (κ2) is 10.7. The molecule has 0 unspecified atom stereocenters. The smallest absolute Gasteiger partial charge is 0.233 e. The number of unbranched alkanes of at least 4 members (excludes halogenated alkanes) is 1. The molecule has 2 aromatic rings. The first-order valence-electron chi connectivity index (χ1n) is 8.10. The predicted octanol–water partition coefficient (Wildman–Crippen LogP) is 3.38. The maximum absolute atomic E-state index is 12.5. The number of carbonyl (C=O) groups excluding carboxylic acids is 1. The second-order valence-corrected chi connectivity index (χ2v) is 7.44. The summed E-state index contributed by atoms with van der Waals surface area (Å²) in [6.45, 7) is 3.76. The highest BCUT2D eigenvalue weighted by Gasteiger charge is 2.16. The van der Waals surface area contributed by atoms with E-state index in [9.17, 15) is 4.79 Å². The lowest BCUT2D eigenvalue weighted by Crippen LogP contribution is -2.32. The van der Waals surface area contributed by atoms with Crippen LogP contribution < -0.4 is 5.32 Å². The van der Waals surface area contributed by atoms with E-state index in [2.05, 4.69) is 28.5 Å². The molecule has 0 saturated heterocycles. The second-order valence-electron chi connectivity index (χ2n) is 5.24. The lowest BCUT2D eigenvalue weighted by molar-refractivity contribution is -0.129. The summed E-state index contributed by atoms with van der Waals surface area (Å²) in [5.41, 5.74) is 0. The summed E-state index contributed by atoms with van der Waals surface area (Å²) in [5.74, 6) is 0.914. The molecule has 7 nitrogen and oxygen atoms in total. The van der Waals surface area contributed by atoms with Crippen molar-refractivity contribution in [2.75, 3.05) is 24.2 Å². The summed E-state index contributed by atoms with van der Waals surface area (Å²) in [6.07, 6.45) is 4.07. The molecule has 0 aliphatic carbocycles. The Labute approximate surface area is 155 Å². The van der Waals surface area contributed by atoms with E-state index in [0.29, 0.717) is 25.3 Å². The Morgan fingerprint density at radius 2 is 2.40 bits per heavy atom. The minimum absolute atomic E-state index is 0.0488. The number of nitrogens with one attached hydrogen (secondary N) is 1. The molecule has 0 aliphatic rings. The van der Waals surface area contributed by atoms with E-state index in [1.54, 1.807) is 17.2 Å². The Balaban J connectivity index is 1.84. The van der Waals surface area contributed by atoms with Gasteiger partial charge in [0, 0.05) is 13.1 Å². The van der Waals surface area contributed by atoms with E-state index in [-0.39, 0.29) is 11.7 Å². The average Bonchev–Trinajstić information content (AvgIpc) is 3.28. The highest BCUT2D eigenvalue weighted by Crippen LogP contribution is 2.25. The van der Waals surface area contributed by atoms with Crippen LogP contribution in [0.3, 0.4) is 0 Å². The maximum atomic E-state index is 12.5. The monoisotopic (exact) mass is 379 g/mol. The molecule has 1 N–H and O–H groups in total. The number of nitrogens with zero attached hydrogens (tertiary/aromatic N) is 4. The number of thioether (sulfide) groups is 1. The lowest BCUT2D eigenvalue weighted by Gasteiger charge is -2.19. The Hall–Kier alpha value is -2.05. The fourth-order valence-electron chi connectivity index (χ4n) is 1.99. The van der Waals surface area contributed by atoms with Crippen LogP contribution in [0.4, 0.5) is 5.13 Å². The van der Waals surface area contributed by atoms with Crippen LogP contribution >= 0.6 is 23.1 Å². The highest BCUT2D eigenvalue weighted by molar-refractivity contribution is 8.01. The van der Waals surface area contributed by atoms with Crippen molar-refractivity contribution in [1.29, 1.82) is 5.26 Å². The predicted molar refractivity (Wildman–Crippen MR) is 98.4 cm³/mol. The quantitative estimate of drug-likeness (QED) is 0.472. The number of hydrogen-bond acceptors (Lipinski definition) is 8. The number of carbonyl (C=O) groups is 1. The van der Waals surface area contributed by atoms with Gasteiger partial charge in [-0.25, -0.2) is 0 Å². The van der Waals surface area contributed by atoms with Crippen LogP contribution in [0, 0.1) is 11.3 Å². The normalized spacial score (nSPS) is 10.4. The molecule has 25 heavy (non-hydrogen) atoms. The van der Waals surface area contributed by atoms with Gasteiger partial charge in [0.1, 0.15) is 5.76 Å². The molecule has 0 spiro atoms. The van der Waals surface area contributed by atoms with E-state index >= 15 is 0 Å². The van der Waals surface area contributed by atoms with Crippen molar-refractivity contribution in [3.8, 4) is 6.07 Å². The van der Waals surface area contributed by atoms with Crippen LogP contribution in [0.5, 0.6) is 0 Å². The van der Waals surface area contributed by atoms with Crippen molar-refractivity contribution in [1.82, 2.24) is 15.1 Å². The zero-order chi connectivity index (χ0) is 17.9. The van der Waals surface area contributed by atoms with Gasteiger partial charge in [-0.15, -0.1) is 10.2 Å². The lowest BCUT2D eigenvalue weighted by atomic mass is 10.3. The average molecular weight is 380 g/mol. The molecule has 134 valence electrons. The number of rotatable bonds is 11. The Bertz CT molecular complexity index is 681. The summed E-state index contributed by atoms with van der Waals surface area (Å²) < 4.78 is 6.05. The van der Waals surface area contributed by atoms with E-state index in [1.807, 2.05) is 6.07 Å². The topological polar surface area (TPSA) is 95.0 Å². The maximum Gasteiger partial charge on any atom is 0.233 e. The third kappa shape index (κ3) is 6.76. The summed E-state index contributed by atoms with van der Waals surface area (Å²) in [5, 5.41) is 20.9. The van der Waals surface area contributed by atoms with E-state index in [4.69, 9.17) is 9.68 Å². The molecule has 0 atom stereocenters. The zero-order valence-electron chi connectivity index (χ0n) is 14.1. The molecule has 0 bridgehead atoms. The van der Waals surface area contributed by atoms with Crippen LogP contribution in [0.1, 0.15) is 31.9 Å². The molecule has 2 heterocycles. The van der Waals surface area contributed by atoms with E-state index in [1.165, 1.54) is 23.1 Å². The fourth-order valence-corrected chi connectivity index (χ4v) is 3.67. The molecule has 0 radical (unpaired) electrons. The zero-order valence-corrected chi connectivity index (χ0v) is 15.7. The summed E-state index contributed by atoms with van der Waals surface area (Å²) in [6, 6.07) is 5.68. The highest BCUT2D eigenvalue weighted by atomic mass is 32.2. The van der Waals surface area contributed by atoms with Crippen molar-refractivity contribution in [3.05, 3.63) is 24.2 Å². The fraction of sp³-hybridized carbons (Fsp3) is 0.500.